The summed E-state index contributed by atoms with van der Waals surface area (Å²) in [4.78, 5) is 11.4. The highest BCUT2D eigenvalue weighted by molar-refractivity contribution is 5.86. The SMILES string of the molecule is COC(=O)C1=C[C@@H](O)[C@H](O)[C@@H](COCc2ccccc2)O1. The number of aliphatic hydroxyl groups excluding tert-OH is 2. The first kappa shape index (κ1) is 15.5. The van der Waals surface area contributed by atoms with Crippen LogP contribution in [-0.4, -0.2) is 48.2 Å². The molecule has 0 saturated heterocycles. The molecule has 1 aromatic carbocycles. The lowest BCUT2D eigenvalue weighted by Gasteiger charge is -2.30. The fraction of sp³-hybridized carbons (Fsp3) is 0.400. The normalized spacial score (nSPS) is 24.9. The van der Waals surface area contributed by atoms with E-state index in [9.17, 15) is 15.0 Å². The van der Waals surface area contributed by atoms with Crippen molar-refractivity contribution in [2.75, 3.05) is 13.7 Å². The number of esters is 1. The number of ether oxygens (including phenoxy) is 3. The van der Waals surface area contributed by atoms with Crippen LogP contribution in [0.3, 0.4) is 0 Å². The Balaban J connectivity index is 1.90. The molecular formula is C15H18O6. The van der Waals surface area contributed by atoms with Crippen molar-refractivity contribution in [3.05, 3.63) is 47.7 Å². The first-order valence-electron chi connectivity index (χ1n) is 6.56. The Kier molecular flexibility index (Phi) is 5.32. The van der Waals surface area contributed by atoms with Gasteiger partial charge in [0.15, 0.2) is 6.10 Å². The van der Waals surface area contributed by atoms with Gasteiger partial charge in [0.1, 0.15) is 12.2 Å². The third-order valence-corrected chi connectivity index (χ3v) is 3.11. The molecule has 21 heavy (non-hydrogen) atoms. The van der Waals surface area contributed by atoms with Crippen LogP contribution in [0.15, 0.2) is 42.2 Å². The maximum Gasteiger partial charge on any atom is 0.373 e. The fourth-order valence-electron chi connectivity index (χ4n) is 1.96. The zero-order valence-electron chi connectivity index (χ0n) is 11.6. The predicted octanol–water partition coefficient (Wildman–Crippen LogP) is 0.381. The standard InChI is InChI=1S/C15H18O6/c1-19-15(18)12-7-11(16)14(17)13(21-12)9-20-8-10-5-3-2-4-6-10/h2-7,11,13-14,16-17H,8-9H2,1H3/t11-,13-,14+/m1/s1. The van der Waals surface area contributed by atoms with Crippen molar-refractivity contribution in [2.45, 2.75) is 24.9 Å². The van der Waals surface area contributed by atoms with Crippen LogP contribution in [0.2, 0.25) is 0 Å². The number of hydrogen-bond acceptors (Lipinski definition) is 6. The lowest BCUT2D eigenvalue weighted by molar-refractivity contribution is -0.150. The average molecular weight is 294 g/mol. The number of hydrogen-bond donors (Lipinski definition) is 2. The van der Waals surface area contributed by atoms with Crippen LogP contribution < -0.4 is 0 Å². The van der Waals surface area contributed by atoms with Crippen LogP contribution in [0.1, 0.15) is 5.56 Å². The topological polar surface area (TPSA) is 85.2 Å². The highest BCUT2D eigenvalue weighted by atomic mass is 16.6. The van der Waals surface area contributed by atoms with Crippen molar-refractivity contribution in [1.29, 1.82) is 0 Å². The molecule has 6 nitrogen and oxygen atoms in total. The molecule has 0 unspecified atom stereocenters. The van der Waals surface area contributed by atoms with Gasteiger partial charge < -0.3 is 24.4 Å². The van der Waals surface area contributed by atoms with Crippen molar-refractivity contribution in [3.63, 3.8) is 0 Å². The lowest BCUT2D eigenvalue weighted by atomic mass is 10.0. The van der Waals surface area contributed by atoms with Crippen LogP contribution in [0.4, 0.5) is 0 Å². The third-order valence-electron chi connectivity index (χ3n) is 3.11. The molecule has 0 saturated carbocycles. The lowest BCUT2D eigenvalue weighted by Crippen LogP contribution is -2.45. The van der Waals surface area contributed by atoms with Crippen LogP contribution >= 0.6 is 0 Å². The van der Waals surface area contributed by atoms with E-state index in [0.717, 1.165) is 11.6 Å². The molecular weight excluding hydrogens is 276 g/mol. The number of benzene rings is 1. The molecule has 0 fully saturated rings. The zero-order valence-corrected chi connectivity index (χ0v) is 11.6. The fourth-order valence-corrected chi connectivity index (χ4v) is 1.96. The monoisotopic (exact) mass is 294 g/mol. The average Bonchev–Trinajstić information content (AvgIpc) is 2.51. The summed E-state index contributed by atoms with van der Waals surface area (Å²) in [7, 11) is 1.21. The molecule has 0 spiro atoms. The maximum atomic E-state index is 11.4. The second-order valence-electron chi connectivity index (χ2n) is 4.66. The van der Waals surface area contributed by atoms with E-state index in [4.69, 9.17) is 9.47 Å². The van der Waals surface area contributed by atoms with Gasteiger partial charge in [-0.05, 0) is 11.6 Å². The van der Waals surface area contributed by atoms with E-state index in [2.05, 4.69) is 4.74 Å². The van der Waals surface area contributed by atoms with E-state index < -0.39 is 24.3 Å². The number of carbonyl (C=O) groups is 1. The van der Waals surface area contributed by atoms with E-state index in [1.54, 1.807) is 0 Å². The summed E-state index contributed by atoms with van der Waals surface area (Å²) in [5, 5.41) is 19.6. The largest absolute Gasteiger partial charge is 0.478 e. The minimum absolute atomic E-state index is 0.0431. The van der Waals surface area contributed by atoms with Gasteiger partial charge in [-0.15, -0.1) is 0 Å². The smallest absolute Gasteiger partial charge is 0.373 e. The molecule has 1 aliphatic heterocycles. The Morgan fingerprint density at radius 1 is 1.29 bits per heavy atom. The van der Waals surface area contributed by atoms with Crippen LogP contribution in [0.5, 0.6) is 0 Å². The van der Waals surface area contributed by atoms with Gasteiger partial charge in [-0.1, -0.05) is 30.3 Å². The summed E-state index contributed by atoms with van der Waals surface area (Å²) in [6.45, 7) is 0.391. The maximum absolute atomic E-state index is 11.4. The Morgan fingerprint density at radius 3 is 2.67 bits per heavy atom. The minimum Gasteiger partial charge on any atom is -0.478 e. The van der Waals surface area contributed by atoms with Crippen molar-refractivity contribution < 1.29 is 29.2 Å². The van der Waals surface area contributed by atoms with Gasteiger partial charge in [0, 0.05) is 0 Å². The zero-order chi connectivity index (χ0) is 15.2. The second-order valence-corrected chi connectivity index (χ2v) is 4.66. The van der Waals surface area contributed by atoms with Gasteiger partial charge in [-0.3, -0.25) is 0 Å². The molecule has 0 amide bonds. The van der Waals surface area contributed by atoms with Crippen molar-refractivity contribution in [2.24, 2.45) is 0 Å². The molecule has 1 aliphatic rings. The summed E-state index contributed by atoms with van der Waals surface area (Å²) >= 11 is 0. The second kappa shape index (κ2) is 7.21. The Morgan fingerprint density at radius 2 is 2.00 bits per heavy atom. The molecule has 0 bridgehead atoms. The Labute approximate surface area is 122 Å². The van der Waals surface area contributed by atoms with Crippen molar-refractivity contribution in [3.8, 4) is 0 Å². The van der Waals surface area contributed by atoms with Crippen LogP contribution in [0, 0.1) is 0 Å². The van der Waals surface area contributed by atoms with Crippen LogP contribution in [0.25, 0.3) is 0 Å². The number of aliphatic hydroxyl groups is 2. The summed E-state index contributed by atoms with van der Waals surface area (Å²) in [5.41, 5.74) is 0.979. The third kappa shape index (κ3) is 4.04. The first-order chi connectivity index (χ1) is 10.1. The van der Waals surface area contributed by atoms with E-state index in [1.165, 1.54) is 7.11 Å². The summed E-state index contributed by atoms with van der Waals surface area (Å²) in [5.74, 6) is -0.822. The molecule has 3 atom stereocenters. The van der Waals surface area contributed by atoms with Crippen LogP contribution in [-0.2, 0) is 25.6 Å². The molecule has 2 N–H and O–H groups in total. The Bertz CT molecular complexity index is 498. The summed E-state index contributed by atoms with van der Waals surface area (Å²) < 4.78 is 15.3. The highest BCUT2D eigenvalue weighted by Gasteiger charge is 2.35. The molecule has 1 heterocycles. The molecule has 0 radical (unpaired) electrons. The van der Waals surface area contributed by atoms with E-state index in [0.29, 0.717) is 6.61 Å². The summed E-state index contributed by atoms with van der Waals surface area (Å²) in [6.07, 6.45) is -2.06. The number of methoxy groups -OCH3 is 1. The molecule has 0 aromatic heterocycles. The number of carbonyl (C=O) groups excluding carboxylic acids is 1. The highest BCUT2D eigenvalue weighted by Crippen LogP contribution is 2.20. The quantitative estimate of drug-likeness (QED) is 0.764. The molecule has 1 aromatic rings. The van der Waals surface area contributed by atoms with Gasteiger partial charge >= 0.3 is 5.97 Å². The van der Waals surface area contributed by atoms with E-state index in [-0.39, 0.29) is 12.4 Å². The minimum atomic E-state index is -1.20. The van der Waals surface area contributed by atoms with Gasteiger partial charge in [-0.25, -0.2) is 4.79 Å². The molecule has 0 aliphatic carbocycles. The van der Waals surface area contributed by atoms with Crippen molar-refractivity contribution in [1.82, 2.24) is 0 Å². The van der Waals surface area contributed by atoms with Gasteiger partial charge in [0.2, 0.25) is 5.76 Å². The van der Waals surface area contributed by atoms with Gasteiger partial charge in [0.25, 0.3) is 0 Å². The predicted molar refractivity (Wildman–Crippen MR) is 73.1 cm³/mol. The molecule has 2 rings (SSSR count). The van der Waals surface area contributed by atoms with Gasteiger partial charge in [0.05, 0.1) is 20.3 Å². The first-order valence-corrected chi connectivity index (χ1v) is 6.56. The Hall–Kier alpha value is -1.89. The van der Waals surface area contributed by atoms with Gasteiger partial charge in [-0.2, -0.15) is 0 Å². The number of rotatable bonds is 5. The van der Waals surface area contributed by atoms with Crippen molar-refractivity contribution >= 4 is 5.97 Å². The van der Waals surface area contributed by atoms with E-state index in [1.807, 2.05) is 30.3 Å². The molecule has 114 valence electrons. The van der Waals surface area contributed by atoms with E-state index >= 15 is 0 Å². The molecule has 6 heteroatoms. The summed E-state index contributed by atoms with van der Waals surface area (Å²) in [6, 6.07) is 9.51.